The smallest absolute Gasteiger partial charge is 0.270 e. The highest BCUT2D eigenvalue weighted by Crippen LogP contribution is 2.17. The summed E-state index contributed by atoms with van der Waals surface area (Å²) in [5.74, 6) is -0.381. The molecule has 7 nitrogen and oxygen atoms in total. The van der Waals surface area contributed by atoms with Gasteiger partial charge in [0.15, 0.2) is 0 Å². The zero-order valence-electron chi connectivity index (χ0n) is 12.7. The number of benzene rings is 1. The summed E-state index contributed by atoms with van der Waals surface area (Å²) in [4.78, 5) is 26.9. The van der Waals surface area contributed by atoms with Gasteiger partial charge < -0.3 is 9.72 Å². The number of nitrogens with one attached hydrogen (secondary N) is 1. The zero-order valence-corrected chi connectivity index (χ0v) is 14.3. The molecule has 0 aliphatic rings. The van der Waals surface area contributed by atoms with Gasteiger partial charge in [-0.15, -0.1) is 0 Å². The number of carbonyl (C=O) groups excluding carboxylic acids is 1. The lowest BCUT2D eigenvalue weighted by Gasteiger charge is -2.03. The molecule has 0 saturated heterocycles. The number of nitrogens with zero attached hydrogens (tertiary/aromatic N) is 3. The number of imidazole rings is 1. The van der Waals surface area contributed by atoms with Gasteiger partial charge in [0.2, 0.25) is 0 Å². The number of carbonyl (C=O) groups is 1. The van der Waals surface area contributed by atoms with Crippen molar-refractivity contribution in [3.63, 3.8) is 0 Å². The number of amides is 1. The molecule has 3 rings (SSSR count). The summed E-state index contributed by atoms with van der Waals surface area (Å²) in [7, 11) is 0. The van der Waals surface area contributed by atoms with E-state index >= 15 is 0 Å². The third-order valence-electron chi connectivity index (χ3n) is 3.50. The summed E-state index contributed by atoms with van der Waals surface area (Å²) in [5, 5.41) is 13.5. The number of non-ortho nitro benzene ring substituents is 1. The number of aryl methyl sites for hydroxylation is 1. The molecule has 1 aromatic carbocycles. The summed E-state index contributed by atoms with van der Waals surface area (Å²) in [5.41, 5.74) is 2.66. The number of aromatic nitrogens is 2. The van der Waals surface area contributed by atoms with Crippen molar-refractivity contribution in [3.8, 4) is 0 Å². The van der Waals surface area contributed by atoms with Gasteiger partial charge >= 0.3 is 0 Å². The second kappa shape index (κ2) is 6.40. The number of nitro benzene ring substituents is 1. The number of nitro groups is 1. The molecule has 0 spiro atoms. The fraction of sp³-hybridized carbons (Fsp3) is 0.125. The van der Waals surface area contributed by atoms with E-state index in [1.165, 1.54) is 24.3 Å². The third kappa shape index (κ3) is 3.28. The molecule has 1 N–H and O–H groups in total. The Morgan fingerprint density at radius 1 is 1.38 bits per heavy atom. The summed E-state index contributed by atoms with van der Waals surface area (Å²) in [6.07, 6.45) is 3.72. The van der Waals surface area contributed by atoms with Crippen molar-refractivity contribution in [1.29, 1.82) is 0 Å². The summed E-state index contributed by atoms with van der Waals surface area (Å²) in [6, 6.07) is 7.58. The lowest BCUT2D eigenvalue weighted by Crippen LogP contribution is -2.23. The molecule has 0 saturated carbocycles. The predicted molar refractivity (Wildman–Crippen MR) is 91.9 cm³/mol. The Kier molecular flexibility index (Phi) is 4.30. The SMILES string of the molecule is Cc1cc(Br)cn2cc(CNC(=O)c3cccc([N+](=O)[O-])c3)nc12. The summed E-state index contributed by atoms with van der Waals surface area (Å²) < 4.78 is 2.82. The van der Waals surface area contributed by atoms with E-state index in [0.717, 1.165) is 15.7 Å². The molecule has 0 bridgehead atoms. The van der Waals surface area contributed by atoms with Crippen LogP contribution in [0.4, 0.5) is 5.69 Å². The van der Waals surface area contributed by atoms with Crippen LogP contribution < -0.4 is 5.32 Å². The maximum Gasteiger partial charge on any atom is 0.270 e. The van der Waals surface area contributed by atoms with Gasteiger partial charge in [0.1, 0.15) is 5.65 Å². The van der Waals surface area contributed by atoms with Crippen LogP contribution in [-0.2, 0) is 6.54 Å². The van der Waals surface area contributed by atoms with Crippen LogP contribution in [0, 0.1) is 17.0 Å². The number of halogens is 1. The van der Waals surface area contributed by atoms with Gasteiger partial charge in [-0.2, -0.15) is 0 Å². The molecule has 0 radical (unpaired) electrons. The number of hydrogen-bond donors (Lipinski definition) is 1. The van der Waals surface area contributed by atoms with Crippen LogP contribution in [0.25, 0.3) is 5.65 Å². The van der Waals surface area contributed by atoms with Gasteiger partial charge in [0.25, 0.3) is 11.6 Å². The van der Waals surface area contributed by atoms with E-state index in [2.05, 4.69) is 26.2 Å². The Bertz CT molecular complexity index is 952. The summed E-state index contributed by atoms with van der Waals surface area (Å²) >= 11 is 3.43. The number of pyridine rings is 1. The molecule has 24 heavy (non-hydrogen) atoms. The number of hydrogen-bond acceptors (Lipinski definition) is 4. The van der Waals surface area contributed by atoms with Crippen LogP contribution in [0.15, 0.2) is 47.2 Å². The maximum absolute atomic E-state index is 12.2. The van der Waals surface area contributed by atoms with Gasteiger partial charge in [-0.1, -0.05) is 6.07 Å². The Hall–Kier alpha value is -2.74. The Balaban J connectivity index is 1.76. The molecule has 0 aliphatic heterocycles. The Morgan fingerprint density at radius 2 is 2.17 bits per heavy atom. The number of rotatable bonds is 4. The van der Waals surface area contributed by atoms with Crippen molar-refractivity contribution in [2.75, 3.05) is 0 Å². The minimum atomic E-state index is -0.528. The Labute approximate surface area is 145 Å². The van der Waals surface area contributed by atoms with E-state index < -0.39 is 4.92 Å². The first kappa shape index (κ1) is 16.1. The van der Waals surface area contributed by atoms with Crippen LogP contribution in [0.2, 0.25) is 0 Å². The molecule has 8 heteroatoms. The molecule has 1 amide bonds. The highest BCUT2D eigenvalue weighted by Gasteiger charge is 2.12. The molecular weight excluding hydrogens is 376 g/mol. The average molecular weight is 389 g/mol. The topological polar surface area (TPSA) is 89.5 Å². The van der Waals surface area contributed by atoms with Gasteiger partial charge in [-0.25, -0.2) is 4.98 Å². The Morgan fingerprint density at radius 3 is 2.92 bits per heavy atom. The fourth-order valence-electron chi connectivity index (χ4n) is 2.39. The minimum Gasteiger partial charge on any atom is -0.346 e. The van der Waals surface area contributed by atoms with Crippen LogP contribution >= 0.6 is 15.9 Å². The quantitative estimate of drug-likeness (QED) is 0.548. The predicted octanol–water partition coefficient (Wildman–Crippen LogP) is 3.24. The molecular formula is C16H13BrN4O3. The first-order valence-corrected chi connectivity index (χ1v) is 7.90. The normalized spacial score (nSPS) is 10.8. The second-order valence-corrected chi connectivity index (χ2v) is 6.21. The van der Waals surface area contributed by atoms with Gasteiger partial charge in [0.05, 0.1) is 17.2 Å². The summed E-state index contributed by atoms with van der Waals surface area (Å²) in [6.45, 7) is 2.19. The molecule has 3 aromatic rings. The molecule has 122 valence electrons. The first-order valence-electron chi connectivity index (χ1n) is 7.10. The molecule has 0 aliphatic carbocycles. The highest BCUT2D eigenvalue weighted by atomic mass is 79.9. The third-order valence-corrected chi connectivity index (χ3v) is 3.93. The van der Waals surface area contributed by atoms with Crippen molar-refractivity contribution in [3.05, 3.63) is 74.1 Å². The maximum atomic E-state index is 12.2. The monoisotopic (exact) mass is 388 g/mol. The van der Waals surface area contributed by atoms with Crippen LogP contribution in [-0.4, -0.2) is 20.2 Å². The van der Waals surface area contributed by atoms with Crippen molar-refractivity contribution >= 4 is 33.2 Å². The van der Waals surface area contributed by atoms with Crippen molar-refractivity contribution in [2.45, 2.75) is 13.5 Å². The number of fused-ring (bicyclic) bond motifs is 1. The van der Waals surface area contributed by atoms with E-state index in [1.807, 2.05) is 29.8 Å². The van der Waals surface area contributed by atoms with Crippen LogP contribution in [0.3, 0.4) is 0 Å². The molecule has 2 heterocycles. The van der Waals surface area contributed by atoms with Crippen molar-refractivity contribution in [1.82, 2.24) is 14.7 Å². The average Bonchev–Trinajstić information content (AvgIpc) is 2.96. The van der Waals surface area contributed by atoms with E-state index in [0.29, 0.717) is 5.69 Å². The van der Waals surface area contributed by atoms with Crippen LogP contribution in [0.5, 0.6) is 0 Å². The first-order chi connectivity index (χ1) is 11.4. The minimum absolute atomic E-state index is 0.115. The molecule has 0 atom stereocenters. The van der Waals surface area contributed by atoms with Gasteiger partial charge in [0, 0.05) is 34.6 Å². The molecule has 2 aromatic heterocycles. The standard InChI is InChI=1S/C16H13BrN4O3/c1-10-5-12(17)8-20-9-13(19-15(10)20)7-18-16(22)11-3-2-4-14(6-11)21(23)24/h2-6,8-9H,7H2,1H3,(H,18,22). The lowest BCUT2D eigenvalue weighted by molar-refractivity contribution is -0.384. The second-order valence-electron chi connectivity index (χ2n) is 5.29. The molecule has 0 fully saturated rings. The van der Waals surface area contributed by atoms with E-state index in [-0.39, 0.29) is 23.7 Å². The fourth-order valence-corrected chi connectivity index (χ4v) is 2.96. The zero-order chi connectivity index (χ0) is 17.3. The van der Waals surface area contributed by atoms with Crippen molar-refractivity contribution < 1.29 is 9.72 Å². The largest absolute Gasteiger partial charge is 0.346 e. The van der Waals surface area contributed by atoms with Gasteiger partial charge in [-0.3, -0.25) is 14.9 Å². The van der Waals surface area contributed by atoms with Crippen molar-refractivity contribution in [2.24, 2.45) is 0 Å². The van der Waals surface area contributed by atoms with Crippen LogP contribution in [0.1, 0.15) is 21.6 Å². The molecule has 0 unspecified atom stereocenters. The highest BCUT2D eigenvalue weighted by molar-refractivity contribution is 9.10. The van der Waals surface area contributed by atoms with Gasteiger partial charge in [-0.05, 0) is 40.5 Å². The van der Waals surface area contributed by atoms with E-state index in [9.17, 15) is 14.9 Å². The lowest BCUT2D eigenvalue weighted by atomic mass is 10.2. The van der Waals surface area contributed by atoms with E-state index in [1.54, 1.807) is 0 Å². The van der Waals surface area contributed by atoms with E-state index in [4.69, 9.17) is 0 Å².